The molecule has 11 heavy (non-hydrogen) atoms. The van der Waals surface area contributed by atoms with E-state index in [9.17, 15) is 4.79 Å². The maximum absolute atomic E-state index is 10.9. The van der Waals surface area contributed by atoms with Crippen LogP contribution in [0.2, 0.25) is 0 Å². The third-order valence-electron chi connectivity index (χ3n) is 1.20. The topological polar surface area (TPSA) is 26.3 Å². The van der Waals surface area contributed by atoms with Gasteiger partial charge in [0.05, 0.1) is 6.10 Å². The number of carbonyl (C=O) groups excluding carboxylic acids is 1. The molecule has 0 spiro atoms. The van der Waals surface area contributed by atoms with Gasteiger partial charge in [-0.2, -0.15) is 0 Å². The molecule has 0 bridgehead atoms. The molecule has 0 heterocycles. The van der Waals surface area contributed by atoms with Crippen molar-refractivity contribution in [2.45, 2.75) is 32.8 Å². The van der Waals surface area contributed by atoms with E-state index in [0.29, 0.717) is 6.42 Å². The average molecular weight is 156 g/mol. The fourth-order valence-corrected chi connectivity index (χ4v) is 0.595. The first kappa shape index (κ1) is 10.4. The van der Waals surface area contributed by atoms with Crippen molar-refractivity contribution in [1.82, 2.24) is 0 Å². The van der Waals surface area contributed by atoms with Gasteiger partial charge in [0, 0.05) is 6.42 Å². The Balaban J connectivity index is 3.29. The zero-order chi connectivity index (χ0) is 8.69. The monoisotopic (exact) mass is 156 g/mol. The first-order chi connectivity index (χ1) is 5.16. The highest BCUT2D eigenvalue weighted by Crippen LogP contribution is 1.94. The fraction of sp³-hybridized carbons (Fsp3) is 0.667. The molecule has 0 radical (unpaired) electrons. The summed E-state index contributed by atoms with van der Waals surface area (Å²) in [4.78, 5) is 10.9. The van der Waals surface area contributed by atoms with Crippen molar-refractivity contribution in [2.24, 2.45) is 0 Å². The van der Waals surface area contributed by atoms with Crippen LogP contribution in [0.3, 0.4) is 0 Å². The molecule has 0 saturated heterocycles. The highest BCUT2D eigenvalue weighted by Gasteiger charge is 2.01. The van der Waals surface area contributed by atoms with Crippen LogP contribution in [-0.2, 0) is 9.53 Å². The average Bonchev–Trinajstić information content (AvgIpc) is 1.97. The van der Waals surface area contributed by atoms with Crippen LogP contribution in [0.25, 0.3) is 0 Å². The van der Waals surface area contributed by atoms with Gasteiger partial charge < -0.3 is 4.74 Å². The van der Waals surface area contributed by atoms with Gasteiger partial charge >= 0.3 is 0 Å². The van der Waals surface area contributed by atoms with Crippen LogP contribution in [0.15, 0.2) is 12.7 Å². The Kier molecular flexibility index (Phi) is 5.75. The summed E-state index contributed by atoms with van der Waals surface area (Å²) in [5.41, 5.74) is 0. The minimum absolute atomic E-state index is 0.141. The lowest BCUT2D eigenvalue weighted by Gasteiger charge is -2.04. The normalized spacial score (nSPS) is 10.1. The summed E-state index contributed by atoms with van der Waals surface area (Å²) in [5, 5.41) is 0. The molecule has 0 aromatic rings. The molecule has 0 aromatic carbocycles. The molecule has 0 rings (SSSR count). The molecule has 0 fully saturated rings. The molecule has 0 atom stereocenters. The lowest BCUT2D eigenvalue weighted by Crippen LogP contribution is -2.12. The standard InChI is InChI=1S/C9H16O2/c1-4-5-6-9(10)7-11-8(2)3/h4,8H,1,5-7H2,2-3H3. The molecule has 0 aliphatic carbocycles. The SMILES string of the molecule is C=CCCC(=O)COC(C)C. The number of carbonyl (C=O) groups is 1. The summed E-state index contributed by atoms with van der Waals surface area (Å²) in [7, 11) is 0. The van der Waals surface area contributed by atoms with E-state index in [0.717, 1.165) is 6.42 Å². The molecular weight excluding hydrogens is 140 g/mol. The van der Waals surface area contributed by atoms with E-state index >= 15 is 0 Å². The molecule has 64 valence electrons. The summed E-state index contributed by atoms with van der Waals surface area (Å²) in [6, 6.07) is 0. The third-order valence-corrected chi connectivity index (χ3v) is 1.20. The van der Waals surface area contributed by atoms with Gasteiger partial charge in [-0.05, 0) is 20.3 Å². The van der Waals surface area contributed by atoms with Crippen molar-refractivity contribution >= 4 is 5.78 Å². The molecule has 0 amide bonds. The number of hydrogen-bond acceptors (Lipinski definition) is 2. The van der Waals surface area contributed by atoms with Crippen LogP contribution < -0.4 is 0 Å². The van der Waals surface area contributed by atoms with Gasteiger partial charge in [0.15, 0.2) is 5.78 Å². The smallest absolute Gasteiger partial charge is 0.158 e. The number of rotatable bonds is 6. The van der Waals surface area contributed by atoms with E-state index < -0.39 is 0 Å². The number of Topliss-reactive ketones (excluding diaryl/α,β-unsaturated/α-hetero) is 1. The van der Waals surface area contributed by atoms with Crippen molar-refractivity contribution < 1.29 is 9.53 Å². The Labute approximate surface area is 68.2 Å². The van der Waals surface area contributed by atoms with Gasteiger partial charge in [-0.1, -0.05) is 6.08 Å². The maximum atomic E-state index is 10.9. The van der Waals surface area contributed by atoms with Gasteiger partial charge in [-0.25, -0.2) is 0 Å². The van der Waals surface area contributed by atoms with Gasteiger partial charge in [0.1, 0.15) is 6.61 Å². The Morgan fingerprint density at radius 3 is 2.73 bits per heavy atom. The molecule has 0 N–H and O–H groups in total. The van der Waals surface area contributed by atoms with Crippen molar-refractivity contribution in [1.29, 1.82) is 0 Å². The zero-order valence-electron chi connectivity index (χ0n) is 7.30. The fourth-order valence-electron chi connectivity index (χ4n) is 0.595. The number of hydrogen-bond donors (Lipinski definition) is 0. The van der Waals surface area contributed by atoms with Crippen LogP contribution >= 0.6 is 0 Å². The molecule has 0 saturated carbocycles. The van der Waals surface area contributed by atoms with Crippen LogP contribution in [0.1, 0.15) is 26.7 Å². The molecule has 0 aromatic heterocycles. The first-order valence-corrected chi connectivity index (χ1v) is 3.91. The molecular formula is C9H16O2. The van der Waals surface area contributed by atoms with Crippen LogP contribution in [0.4, 0.5) is 0 Å². The lowest BCUT2D eigenvalue weighted by molar-refractivity contribution is -0.124. The molecule has 2 nitrogen and oxygen atoms in total. The van der Waals surface area contributed by atoms with Crippen molar-refractivity contribution in [3.8, 4) is 0 Å². The van der Waals surface area contributed by atoms with Crippen LogP contribution in [0, 0.1) is 0 Å². The summed E-state index contributed by atoms with van der Waals surface area (Å²) >= 11 is 0. The van der Waals surface area contributed by atoms with E-state index in [1.807, 2.05) is 13.8 Å². The molecule has 2 heteroatoms. The first-order valence-electron chi connectivity index (χ1n) is 3.91. The van der Waals surface area contributed by atoms with E-state index in [2.05, 4.69) is 6.58 Å². The van der Waals surface area contributed by atoms with Crippen molar-refractivity contribution in [3.63, 3.8) is 0 Å². The number of allylic oxidation sites excluding steroid dienone is 1. The third kappa shape index (κ3) is 7.26. The minimum atomic E-state index is 0.141. The van der Waals surface area contributed by atoms with Crippen molar-refractivity contribution in [2.75, 3.05) is 6.61 Å². The largest absolute Gasteiger partial charge is 0.371 e. The Morgan fingerprint density at radius 2 is 2.27 bits per heavy atom. The number of ether oxygens (including phenoxy) is 1. The maximum Gasteiger partial charge on any atom is 0.158 e. The Bertz CT molecular complexity index is 128. The van der Waals surface area contributed by atoms with E-state index in [-0.39, 0.29) is 18.5 Å². The molecule has 0 unspecified atom stereocenters. The quantitative estimate of drug-likeness (QED) is 0.549. The second-order valence-corrected chi connectivity index (χ2v) is 2.73. The second-order valence-electron chi connectivity index (χ2n) is 2.73. The molecule has 0 aliphatic rings. The Morgan fingerprint density at radius 1 is 1.64 bits per heavy atom. The Hall–Kier alpha value is -0.630. The zero-order valence-corrected chi connectivity index (χ0v) is 7.30. The minimum Gasteiger partial charge on any atom is -0.371 e. The highest BCUT2D eigenvalue weighted by atomic mass is 16.5. The van der Waals surface area contributed by atoms with E-state index in [1.54, 1.807) is 6.08 Å². The summed E-state index contributed by atoms with van der Waals surface area (Å²) in [6.45, 7) is 7.61. The van der Waals surface area contributed by atoms with E-state index in [4.69, 9.17) is 4.74 Å². The van der Waals surface area contributed by atoms with Crippen molar-refractivity contribution in [3.05, 3.63) is 12.7 Å². The summed E-state index contributed by atoms with van der Waals surface area (Å²) in [5.74, 6) is 0.151. The van der Waals surface area contributed by atoms with Gasteiger partial charge in [-0.15, -0.1) is 6.58 Å². The van der Waals surface area contributed by atoms with Gasteiger partial charge in [0.2, 0.25) is 0 Å². The highest BCUT2D eigenvalue weighted by molar-refractivity contribution is 5.79. The van der Waals surface area contributed by atoms with Crippen LogP contribution in [0.5, 0.6) is 0 Å². The summed E-state index contributed by atoms with van der Waals surface area (Å²) < 4.78 is 5.12. The van der Waals surface area contributed by atoms with E-state index in [1.165, 1.54) is 0 Å². The predicted molar refractivity (Wildman–Crippen MR) is 45.5 cm³/mol. The number of ketones is 1. The molecule has 0 aliphatic heterocycles. The summed E-state index contributed by atoms with van der Waals surface area (Å²) in [6.07, 6.45) is 3.19. The lowest BCUT2D eigenvalue weighted by atomic mass is 10.2. The second kappa shape index (κ2) is 6.10. The van der Waals surface area contributed by atoms with Gasteiger partial charge in [-0.3, -0.25) is 4.79 Å². The van der Waals surface area contributed by atoms with Gasteiger partial charge in [0.25, 0.3) is 0 Å². The van der Waals surface area contributed by atoms with Crippen LogP contribution in [-0.4, -0.2) is 18.5 Å². The predicted octanol–water partition coefficient (Wildman–Crippen LogP) is 1.95.